The Morgan fingerprint density at radius 1 is 1.23 bits per heavy atom. The summed E-state index contributed by atoms with van der Waals surface area (Å²) in [5, 5.41) is 20.8. The van der Waals surface area contributed by atoms with E-state index in [9.17, 15) is 10.2 Å². The van der Waals surface area contributed by atoms with E-state index in [0.29, 0.717) is 29.3 Å². The van der Waals surface area contributed by atoms with Crippen LogP contribution < -0.4 is 4.74 Å². The third-order valence-corrected chi connectivity index (χ3v) is 4.12. The fraction of sp³-hybridized carbons (Fsp3) is 0.381. The molecule has 1 heterocycles. The molecule has 0 saturated heterocycles. The molecule has 5 heteroatoms. The predicted octanol–water partition coefficient (Wildman–Crippen LogP) is 4.28. The molecule has 0 bridgehead atoms. The van der Waals surface area contributed by atoms with Crippen LogP contribution in [0.3, 0.4) is 0 Å². The van der Waals surface area contributed by atoms with Crippen molar-refractivity contribution in [3.63, 3.8) is 0 Å². The van der Waals surface area contributed by atoms with Crippen molar-refractivity contribution in [1.82, 2.24) is 4.98 Å². The molecule has 0 amide bonds. The number of benzene rings is 1. The van der Waals surface area contributed by atoms with Crippen LogP contribution >= 0.6 is 0 Å². The van der Waals surface area contributed by atoms with E-state index in [-0.39, 0.29) is 12.0 Å². The normalized spacial score (nSPS) is 13.3. The molecule has 2 rings (SSSR count). The second-order valence-corrected chi connectivity index (χ2v) is 6.40. The lowest BCUT2D eigenvalue weighted by Crippen LogP contribution is -2.16. The van der Waals surface area contributed by atoms with E-state index in [0.717, 1.165) is 16.7 Å². The summed E-state index contributed by atoms with van der Waals surface area (Å²) in [6.45, 7) is 13.8. The number of hydrogen-bond acceptors (Lipinski definition) is 5. The number of aliphatic hydroxyl groups is 1. The highest BCUT2D eigenvalue weighted by atomic mass is 16.7. The number of ether oxygens (including phenoxy) is 2. The maximum atomic E-state index is 10.9. The molecule has 1 aromatic heterocycles. The lowest BCUT2D eigenvalue weighted by molar-refractivity contribution is -0.0613. The minimum atomic E-state index is -0.910. The second kappa shape index (κ2) is 8.34. The van der Waals surface area contributed by atoms with Crippen molar-refractivity contribution < 1.29 is 19.7 Å². The van der Waals surface area contributed by atoms with Gasteiger partial charge in [0, 0.05) is 6.61 Å². The van der Waals surface area contributed by atoms with Gasteiger partial charge >= 0.3 is 0 Å². The van der Waals surface area contributed by atoms with E-state index in [4.69, 9.17) is 9.47 Å². The number of aliphatic hydroxyl groups excluding tert-OH is 1. The van der Waals surface area contributed by atoms with E-state index in [2.05, 4.69) is 11.6 Å². The van der Waals surface area contributed by atoms with Gasteiger partial charge in [-0.2, -0.15) is 0 Å². The zero-order valence-corrected chi connectivity index (χ0v) is 16.0. The molecule has 1 aromatic carbocycles. The van der Waals surface area contributed by atoms with Gasteiger partial charge in [-0.05, 0) is 81.1 Å². The Hall–Kier alpha value is -2.37. The Labute approximate surface area is 154 Å². The molecular formula is C21H27NO4. The van der Waals surface area contributed by atoms with Crippen molar-refractivity contribution in [3.05, 3.63) is 58.9 Å². The zero-order chi connectivity index (χ0) is 19.4. The van der Waals surface area contributed by atoms with E-state index in [1.807, 2.05) is 39.8 Å². The van der Waals surface area contributed by atoms with E-state index < -0.39 is 6.10 Å². The Morgan fingerprint density at radius 3 is 2.38 bits per heavy atom. The molecule has 2 N–H and O–H groups in total. The average Bonchev–Trinajstić information content (AvgIpc) is 2.54. The van der Waals surface area contributed by atoms with Crippen molar-refractivity contribution in [3.8, 4) is 11.5 Å². The van der Waals surface area contributed by atoms with Gasteiger partial charge in [0.2, 0.25) is 0 Å². The molecular weight excluding hydrogens is 330 g/mol. The lowest BCUT2D eigenvalue weighted by atomic mass is 9.95. The number of hydrogen-bond donors (Lipinski definition) is 2. The number of allylic oxidation sites excluding steroid dienone is 1. The monoisotopic (exact) mass is 357 g/mol. The average molecular weight is 357 g/mol. The number of rotatable bonds is 7. The van der Waals surface area contributed by atoms with Gasteiger partial charge in [-0.25, -0.2) is 4.98 Å². The van der Waals surface area contributed by atoms with Gasteiger partial charge in [0.1, 0.15) is 23.3 Å². The topological polar surface area (TPSA) is 71.8 Å². The van der Waals surface area contributed by atoms with Crippen molar-refractivity contribution in [2.45, 2.75) is 47.0 Å². The molecule has 2 unspecified atom stereocenters. The molecule has 0 fully saturated rings. The molecule has 5 nitrogen and oxygen atoms in total. The maximum absolute atomic E-state index is 10.9. The summed E-state index contributed by atoms with van der Waals surface area (Å²) in [6.07, 6.45) is -1.25. The Kier molecular flexibility index (Phi) is 6.40. The molecule has 140 valence electrons. The first-order valence-corrected chi connectivity index (χ1v) is 8.67. The van der Waals surface area contributed by atoms with Crippen molar-refractivity contribution in [2.24, 2.45) is 0 Å². The summed E-state index contributed by atoms with van der Waals surface area (Å²) in [7, 11) is 0. The predicted molar refractivity (Wildman–Crippen MR) is 102 cm³/mol. The fourth-order valence-electron chi connectivity index (χ4n) is 2.98. The van der Waals surface area contributed by atoms with Crippen molar-refractivity contribution in [2.75, 3.05) is 6.61 Å². The molecule has 0 saturated carbocycles. The van der Waals surface area contributed by atoms with E-state index in [1.54, 1.807) is 13.0 Å². The first-order chi connectivity index (χ1) is 12.2. The minimum Gasteiger partial charge on any atom is -0.506 e. The summed E-state index contributed by atoms with van der Waals surface area (Å²) in [4.78, 5) is 4.37. The molecule has 0 spiro atoms. The highest BCUT2D eigenvalue weighted by Gasteiger charge is 2.20. The molecule has 2 aromatic rings. The Morgan fingerprint density at radius 2 is 1.85 bits per heavy atom. The summed E-state index contributed by atoms with van der Waals surface area (Å²) < 4.78 is 11.2. The summed E-state index contributed by atoms with van der Waals surface area (Å²) in [5.41, 5.74) is 4.04. The molecule has 0 aliphatic rings. The Balaban J connectivity index is 2.36. The van der Waals surface area contributed by atoms with Gasteiger partial charge < -0.3 is 19.7 Å². The first kappa shape index (κ1) is 19.9. The number of aromatic hydroxyl groups is 1. The Bertz CT molecular complexity index is 778. The molecule has 26 heavy (non-hydrogen) atoms. The number of pyridine rings is 1. The lowest BCUT2D eigenvalue weighted by Gasteiger charge is -2.20. The summed E-state index contributed by atoms with van der Waals surface area (Å²) in [5.74, 6) is 0.744. The van der Waals surface area contributed by atoms with Gasteiger partial charge in [-0.3, -0.25) is 0 Å². The first-order valence-electron chi connectivity index (χ1n) is 8.67. The molecule has 2 atom stereocenters. The van der Waals surface area contributed by atoms with Crippen LogP contribution in [-0.2, 0) is 4.74 Å². The smallest absolute Gasteiger partial charge is 0.196 e. The van der Waals surface area contributed by atoms with Crippen LogP contribution in [0.5, 0.6) is 11.5 Å². The minimum absolute atomic E-state index is 0.0514. The molecule has 0 radical (unpaired) electrons. The number of aromatic nitrogens is 1. The largest absolute Gasteiger partial charge is 0.506 e. The maximum Gasteiger partial charge on any atom is 0.196 e. The van der Waals surface area contributed by atoms with Crippen LogP contribution in [0.15, 0.2) is 30.8 Å². The van der Waals surface area contributed by atoms with Gasteiger partial charge in [-0.1, -0.05) is 6.58 Å². The van der Waals surface area contributed by atoms with Gasteiger partial charge in [-0.15, -0.1) is 0 Å². The summed E-state index contributed by atoms with van der Waals surface area (Å²) >= 11 is 0. The van der Waals surface area contributed by atoms with E-state index >= 15 is 0 Å². The highest BCUT2D eigenvalue weighted by Crippen LogP contribution is 2.32. The highest BCUT2D eigenvalue weighted by molar-refractivity contribution is 5.63. The molecule has 0 aliphatic carbocycles. The van der Waals surface area contributed by atoms with Crippen molar-refractivity contribution in [1.29, 1.82) is 0 Å². The van der Waals surface area contributed by atoms with Gasteiger partial charge in [0.25, 0.3) is 0 Å². The fourth-order valence-corrected chi connectivity index (χ4v) is 2.98. The number of nitrogens with zero attached hydrogens (tertiary/aromatic N) is 1. The number of aryl methyl sites for hydroxylation is 2. The van der Waals surface area contributed by atoms with Crippen LogP contribution in [0.1, 0.15) is 55.0 Å². The standard InChI is InChI=1S/C21H27NO4/c1-7-25-15(6)26-16-10-13(4)19(14(5)11-16)21(24)17-8-9-18(23)20(22-17)12(2)3/h8-11,15,21,23-24H,2,7H2,1,3-6H3. The third kappa shape index (κ3) is 4.42. The quantitative estimate of drug-likeness (QED) is 0.724. The van der Waals surface area contributed by atoms with Gasteiger partial charge in [0.15, 0.2) is 6.29 Å². The second-order valence-electron chi connectivity index (χ2n) is 6.40. The van der Waals surface area contributed by atoms with Gasteiger partial charge in [0.05, 0.1) is 5.69 Å². The molecule has 0 aliphatic heterocycles. The van der Waals surface area contributed by atoms with E-state index in [1.165, 1.54) is 6.07 Å². The zero-order valence-electron chi connectivity index (χ0n) is 16.0. The van der Waals surface area contributed by atoms with Crippen LogP contribution in [0.25, 0.3) is 5.57 Å². The van der Waals surface area contributed by atoms with Crippen LogP contribution in [0.2, 0.25) is 0 Å². The SMILES string of the molecule is C=C(C)c1nc(C(O)c2c(C)cc(OC(C)OCC)cc2C)ccc1O. The van der Waals surface area contributed by atoms with Crippen LogP contribution in [-0.4, -0.2) is 28.1 Å². The third-order valence-electron chi connectivity index (χ3n) is 4.12. The van der Waals surface area contributed by atoms with Crippen LogP contribution in [0, 0.1) is 13.8 Å². The summed E-state index contributed by atoms with van der Waals surface area (Å²) in [6, 6.07) is 6.90. The van der Waals surface area contributed by atoms with Crippen molar-refractivity contribution >= 4 is 5.57 Å². The van der Waals surface area contributed by atoms with Crippen LogP contribution in [0.4, 0.5) is 0 Å².